The van der Waals surface area contributed by atoms with Crippen molar-refractivity contribution in [1.82, 2.24) is 0 Å². The summed E-state index contributed by atoms with van der Waals surface area (Å²) in [7, 11) is 0. The molecule has 1 N–H and O–H groups in total. The molecule has 1 aromatic rings. The average Bonchev–Trinajstić information content (AvgIpc) is 3.15. The van der Waals surface area contributed by atoms with Gasteiger partial charge in [-0.25, -0.2) is 0 Å². The van der Waals surface area contributed by atoms with Crippen LogP contribution in [0.5, 0.6) is 0 Å². The summed E-state index contributed by atoms with van der Waals surface area (Å²) in [6, 6.07) is 8.96. The van der Waals surface area contributed by atoms with E-state index in [0.29, 0.717) is 5.69 Å². The molecule has 2 aliphatic carbocycles. The standard InChI is InChI=1S/C17H17NO5/c19-13(18-10-4-2-1-3-5-10)8-22-16(20)14-9-6-11-12(7-9)23-17(21)15(11)14/h1-5,9,11-12,14-15H,6-8H2,(H,18,19)/t9-,11+,12-,14-,15-/m1/s1. The average molecular weight is 315 g/mol. The molecule has 1 amide bonds. The Kier molecular flexibility index (Phi) is 3.32. The van der Waals surface area contributed by atoms with E-state index in [2.05, 4.69) is 5.32 Å². The number of para-hydroxylation sites is 1. The van der Waals surface area contributed by atoms with Crippen molar-refractivity contribution in [1.29, 1.82) is 0 Å². The van der Waals surface area contributed by atoms with Crippen molar-refractivity contribution in [2.45, 2.75) is 18.9 Å². The summed E-state index contributed by atoms with van der Waals surface area (Å²) in [5, 5.41) is 2.66. The maximum atomic E-state index is 12.3. The Labute approximate surface area is 133 Å². The summed E-state index contributed by atoms with van der Waals surface area (Å²) in [5.74, 6) is -1.65. The van der Waals surface area contributed by atoms with Crippen LogP contribution in [0.2, 0.25) is 0 Å². The highest BCUT2D eigenvalue weighted by Crippen LogP contribution is 2.57. The van der Waals surface area contributed by atoms with Gasteiger partial charge in [0.2, 0.25) is 0 Å². The number of rotatable bonds is 4. The van der Waals surface area contributed by atoms with E-state index in [9.17, 15) is 14.4 Å². The first-order valence-electron chi connectivity index (χ1n) is 7.85. The molecule has 6 nitrogen and oxygen atoms in total. The van der Waals surface area contributed by atoms with Crippen molar-refractivity contribution in [3.63, 3.8) is 0 Å². The Bertz CT molecular complexity index is 656. The van der Waals surface area contributed by atoms with Crippen LogP contribution in [-0.4, -0.2) is 30.6 Å². The quantitative estimate of drug-likeness (QED) is 0.849. The van der Waals surface area contributed by atoms with Gasteiger partial charge >= 0.3 is 11.9 Å². The molecule has 0 aromatic heterocycles. The molecule has 5 atom stereocenters. The summed E-state index contributed by atoms with van der Waals surface area (Å²) >= 11 is 0. The lowest BCUT2D eigenvalue weighted by molar-refractivity contribution is -0.157. The number of carbonyl (C=O) groups excluding carboxylic acids is 3. The first-order valence-corrected chi connectivity index (χ1v) is 7.85. The summed E-state index contributed by atoms with van der Waals surface area (Å²) < 4.78 is 10.5. The molecule has 3 fully saturated rings. The van der Waals surface area contributed by atoms with E-state index in [4.69, 9.17) is 9.47 Å². The number of ether oxygens (including phenoxy) is 2. The zero-order valence-corrected chi connectivity index (χ0v) is 12.4. The maximum Gasteiger partial charge on any atom is 0.310 e. The van der Waals surface area contributed by atoms with Gasteiger partial charge in [-0.3, -0.25) is 14.4 Å². The van der Waals surface area contributed by atoms with Gasteiger partial charge in [-0.2, -0.15) is 0 Å². The predicted octanol–water partition coefficient (Wildman–Crippen LogP) is 1.37. The molecule has 1 aromatic carbocycles. The minimum absolute atomic E-state index is 0.0112. The van der Waals surface area contributed by atoms with Gasteiger partial charge in [0, 0.05) is 11.6 Å². The highest BCUT2D eigenvalue weighted by Gasteiger charge is 2.64. The van der Waals surface area contributed by atoms with Crippen LogP contribution in [0, 0.1) is 23.7 Å². The SMILES string of the molecule is O=C(COC(=O)[C@@H]1[C@@H]2C[C@@H]3[C@H]1C(=O)O[C@@H]3C2)Nc1ccccc1. The Morgan fingerprint density at radius 1 is 1.22 bits per heavy atom. The molecule has 6 heteroatoms. The summed E-state index contributed by atoms with van der Waals surface area (Å²) in [5.41, 5.74) is 0.649. The number of esters is 2. The second-order valence-corrected chi connectivity index (χ2v) is 6.44. The number of benzene rings is 1. The number of fused-ring (bicyclic) bond motifs is 1. The zero-order chi connectivity index (χ0) is 16.0. The molecule has 2 saturated carbocycles. The van der Waals surface area contributed by atoms with E-state index in [1.807, 2.05) is 6.07 Å². The predicted molar refractivity (Wildman–Crippen MR) is 79.1 cm³/mol. The number of amides is 1. The number of nitrogens with one attached hydrogen (secondary N) is 1. The van der Waals surface area contributed by atoms with Crippen LogP contribution in [0.25, 0.3) is 0 Å². The van der Waals surface area contributed by atoms with E-state index >= 15 is 0 Å². The third-order valence-corrected chi connectivity index (χ3v) is 5.16. The van der Waals surface area contributed by atoms with Crippen LogP contribution in [0.3, 0.4) is 0 Å². The number of hydrogen-bond donors (Lipinski definition) is 1. The van der Waals surface area contributed by atoms with Gasteiger partial charge in [0.1, 0.15) is 6.10 Å². The lowest BCUT2D eigenvalue weighted by Gasteiger charge is -2.22. The van der Waals surface area contributed by atoms with Crippen molar-refractivity contribution in [2.24, 2.45) is 23.7 Å². The first-order chi connectivity index (χ1) is 11.1. The third kappa shape index (κ3) is 2.38. The normalized spacial score (nSPS) is 33.4. The van der Waals surface area contributed by atoms with Gasteiger partial charge in [0.05, 0.1) is 11.8 Å². The second kappa shape index (κ2) is 5.37. The molecule has 1 saturated heterocycles. The zero-order valence-electron chi connectivity index (χ0n) is 12.4. The molecule has 0 unspecified atom stereocenters. The Hall–Kier alpha value is -2.37. The minimum atomic E-state index is -0.456. The fraction of sp³-hybridized carbons (Fsp3) is 0.471. The topological polar surface area (TPSA) is 81.7 Å². The molecule has 23 heavy (non-hydrogen) atoms. The van der Waals surface area contributed by atoms with Crippen LogP contribution in [-0.2, 0) is 23.9 Å². The van der Waals surface area contributed by atoms with Gasteiger partial charge in [-0.15, -0.1) is 0 Å². The van der Waals surface area contributed by atoms with Crippen LogP contribution in [0.15, 0.2) is 30.3 Å². The van der Waals surface area contributed by atoms with Gasteiger partial charge in [-0.1, -0.05) is 18.2 Å². The number of carbonyl (C=O) groups is 3. The number of hydrogen-bond acceptors (Lipinski definition) is 5. The summed E-state index contributed by atoms with van der Waals surface area (Å²) in [4.78, 5) is 36.0. The number of anilines is 1. The van der Waals surface area contributed by atoms with E-state index in [-0.39, 0.29) is 42.3 Å². The maximum absolute atomic E-state index is 12.3. The molecule has 0 radical (unpaired) electrons. The minimum Gasteiger partial charge on any atom is -0.462 e. The van der Waals surface area contributed by atoms with Crippen LogP contribution < -0.4 is 5.32 Å². The van der Waals surface area contributed by atoms with Gasteiger partial charge in [0.15, 0.2) is 6.61 Å². The molecule has 1 aliphatic heterocycles. The fourth-order valence-corrected chi connectivity index (χ4v) is 4.28. The molecular weight excluding hydrogens is 298 g/mol. The smallest absolute Gasteiger partial charge is 0.310 e. The summed E-state index contributed by atoms with van der Waals surface area (Å²) in [6.45, 7) is -0.340. The van der Waals surface area contributed by atoms with Gasteiger partial charge in [0.25, 0.3) is 5.91 Å². The first kappa shape index (κ1) is 14.2. The van der Waals surface area contributed by atoms with Crippen molar-refractivity contribution >= 4 is 23.5 Å². The molecule has 120 valence electrons. The Morgan fingerprint density at radius 2 is 2.00 bits per heavy atom. The molecule has 2 bridgehead atoms. The fourth-order valence-electron chi connectivity index (χ4n) is 4.28. The van der Waals surface area contributed by atoms with Crippen LogP contribution >= 0.6 is 0 Å². The van der Waals surface area contributed by atoms with Crippen LogP contribution in [0.4, 0.5) is 5.69 Å². The Balaban J connectivity index is 1.34. The third-order valence-electron chi connectivity index (χ3n) is 5.16. The van der Waals surface area contributed by atoms with Crippen molar-refractivity contribution in [2.75, 3.05) is 11.9 Å². The highest BCUT2D eigenvalue weighted by atomic mass is 16.6. The monoisotopic (exact) mass is 315 g/mol. The van der Waals surface area contributed by atoms with E-state index < -0.39 is 11.9 Å². The molecule has 4 rings (SSSR count). The lowest BCUT2D eigenvalue weighted by Crippen LogP contribution is -2.34. The van der Waals surface area contributed by atoms with Crippen molar-refractivity contribution in [3.05, 3.63) is 30.3 Å². The van der Waals surface area contributed by atoms with E-state index in [0.717, 1.165) is 12.8 Å². The summed E-state index contributed by atoms with van der Waals surface area (Å²) in [6.07, 6.45) is 1.57. The molecular formula is C17H17NO5. The van der Waals surface area contributed by atoms with Crippen molar-refractivity contribution in [3.8, 4) is 0 Å². The highest BCUT2D eigenvalue weighted by molar-refractivity contribution is 5.93. The molecule has 3 aliphatic rings. The van der Waals surface area contributed by atoms with E-state index in [1.54, 1.807) is 24.3 Å². The van der Waals surface area contributed by atoms with Gasteiger partial charge < -0.3 is 14.8 Å². The molecule has 0 spiro atoms. The second-order valence-electron chi connectivity index (χ2n) is 6.44. The molecule has 1 heterocycles. The van der Waals surface area contributed by atoms with E-state index in [1.165, 1.54) is 0 Å². The van der Waals surface area contributed by atoms with Crippen LogP contribution in [0.1, 0.15) is 12.8 Å². The largest absolute Gasteiger partial charge is 0.462 e. The lowest BCUT2D eigenvalue weighted by atomic mass is 9.80. The van der Waals surface area contributed by atoms with Crippen molar-refractivity contribution < 1.29 is 23.9 Å². The Morgan fingerprint density at radius 3 is 2.78 bits per heavy atom. The van der Waals surface area contributed by atoms with Gasteiger partial charge in [-0.05, 0) is 30.9 Å².